The van der Waals surface area contributed by atoms with Crippen molar-refractivity contribution < 1.29 is 13.2 Å². The second-order valence-electron chi connectivity index (χ2n) is 11.1. The van der Waals surface area contributed by atoms with Crippen LogP contribution in [0, 0.1) is 13.8 Å². The molecule has 13 heteroatoms. The number of benzene rings is 1. The van der Waals surface area contributed by atoms with Crippen LogP contribution in [0.2, 0.25) is 0 Å². The van der Waals surface area contributed by atoms with E-state index in [1.54, 1.807) is 17.4 Å². The maximum Gasteiger partial charge on any atom is 0.251 e. The number of anilines is 1. The van der Waals surface area contributed by atoms with E-state index in [2.05, 4.69) is 65.9 Å². The average Bonchev–Trinajstić information content (AvgIpc) is 3.74. The van der Waals surface area contributed by atoms with Crippen molar-refractivity contribution in [2.24, 2.45) is 0 Å². The number of nitrogens with one attached hydrogen (secondary N) is 3. The number of imidazole rings is 1. The lowest BCUT2D eigenvalue weighted by molar-refractivity contribution is 0.0949. The molecule has 0 bridgehead atoms. The Morgan fingerprint density at radius 3 is 2.57 bits per heavy atom. The lowest BCUT2D eigenvalue weighted by Crippen LogP contribution is -2.34. The van der Waals surface area contributed by atoms with Crippen LogP contribution in [0.4, 0.5) is 5.69 Å². The number of aromatic amines is 1. The van der Waals surface area contributed by atoms with Gasteiger partial charge < -0.3 is 25.1 Å². The Kier molecular flexibility index (Phi) is 9.78. The molecule has 0 saturated carbocycles. The van der Waals surface area contributed by atoms with Crippen LogP contribution in [-0.4, -0.2) is 94.1 Å². The standard InChI is InChI=1S/C31H41BrN8O3S/c1-6-38(7-2)16-14-33-31(41)22-9-11-24(12-10-22)40-20(4)17-25(21(40)5)29-36-28-27(26(32)18-34-30(28)37-29)35-23-13-15-39(19-23)44(42,43)8-3/h9-12,17-18,23H,6-8,13-16,19H2,1-5H3,(H,33,41)(H2,34,35,36,37). The SMILES string of the molecule is CCN(CC)CCNC(=O)c1ccc(-n2c(C)cc(-c3nc4ncc(Br)c(NC5CCN(S(=O)(=O)CC)C5)c4[nH]3)c2C)cc1. The molecule has 1 unspecified atom stereocenters. The highest BCUT2D eigenvalue weighted by atomic mass is 79.9. The lowest BCUT2D eigenvalue weighted by atomic mass is 10.2. The molecule has 1 amide bonds. The number of likely N-dealkylation sites (N-methyl/N-ethyl adjacent to an activating group) is 1. The minimum Gasteiger partial charge on any atom is -0.378 e. The molecule has 1 saturated heterocycles. The molecule has 1 aliphatic heterocycles. The van der Waals surface area contributed by atoms with Crippen LogP contribution in [-0.2, 0) is 10.0 Å². The Balaban J connectivity index is 1.36. The summed E-state index contributed by atoms with van der Waals surface area (Å²) in [6.45, 7) is 14.3. The Hall–Kier alpha value is -3.26. The van der Waals surface area contributed by atoms with Crippen LogP contribution in [0.5, 0.6) is 0 Å². The van der Waals surface area contributed by atoms with Gasteiger partial charge in [-0.3, -0.25) is 4.79 Å². The summed E-state index contributed by atoms with van der Waals surface area (Å²) in [6, 6.07) is 9.71. The fourth-order valence-corrected chi connectivity index (χ4v) is 7.39. The van der Waals surface area contributed by atoms with Crippen LogP contribution < -0.4 is 10.6 Å². The van der Waals surface area contributed by atoms with Gasteiger partial charge in [0.05, 0.1) is 15.9 Å². The third-order valence-corrected chi connectivity index (χ3v) is 10.9. The van der Waals surface area contributed by atoms with E-state index >= 15 is 0 Å². The highest BCUT2D eigenvalue weighted by molar-refractivity contribution is 9.10. The van der Waals surface area contributed by atoms with Crippen LogP contribution >= 0.6 is 15.9 Å². The first-order chi connectivity index (χ1) is 21.1. The molecule has 4 aromatic rings. The summed E-state index contributed by atoms with van der Waals surface area (Å²) >= 11 is 3.62. The highest BCUT2D eigenvalue weighted by Crippen LogP contribution is 2.34. The number of sulfonamides is 1. The molecule has 0 spiro atoms. The van der Waals surface area contributed by atoms with Gasteiger partial charge in [0.2, 0.25) is 10.0 Å². The van der Waals surface area contributed by atoms with Gasteiger partial charge in [-0.15, -0.1) is 0 Å². The van der Waals surface area contributed by atoms with Gasteiger partial charge in [0, 0.05) is 66.6 Å². The number of halogens is 1. The number of carbonyl (C=O) groups excluding carboxylic acids is 1. The van der Waals surface area contributed by atoms with Gasteiger partial charge in [0.25, 0.3) is 5.91 Å². The van der Waals surface area contributed by atoms with E-state index in [0.29, 0.717) is 43.1 Å². The molecular formula is C31H41BrN8O3S. The van der Waals surface area contributed by atoms with Crippen molar-refractivity contribution in [3.05, 3.63) is 58.0 Å². The van der Waals surface area contributed by atoms with Gasteiger partial charge in [0.15, 0.2) is 5.65 Å². The van der Waals surface area contributed by atoms with E-state index in [1.807, 2.05) is 38.1 Å². The molecule has 0 radical (unpaired) electrons. The molecule has 1 fully saturated rings. The summed E-state index contributed by atoms with van der Waals surface area (Å²) in [5, 5.41) is 6.55. The maximum absolute atomic E-state index is 12.7. The molecule has 1 aromatic carbocycles. The van der Waals surface area contributed by atoms with Crippen LogP contribution in [0.1, 0.15) is 48.9 Å². The van der Waals surface area contributed by atoms with Crippen molar-refractivity contribution in [1.29, 1.82) is 0 Å². The monoisotopic (exact) mass is 684 g/mol. The van der Waals surface area contributed by atoms with Crippen LogP contribution in [0.25, 0.3) is 28.2 Å². The van der Waals surface area contributed by atoms with E-state index in [-0.39, 0.29) is 17.7 Å². The molecule has 11 nitrogen and oxygen atoms in total. The first-order valence-corrected chi connectivity index (χ1v) is 17.5. The summed E-state index contributed by atoms with van der Waals surface area (Å²) in [7, 11) is -3.23. The zero-order chi connectivity index (χ0) is 31.6. The number of amides is 1. The van der Waals surface area contributed by atoms with Gasteiger partial charge in [-0.05, 0) is 86.5 Å². The molecule has 236 valence electrons. The number of hydrogen-bond acceptors (Lipinski definition) is 7. The first-order valence-electron chi connectivity index (χ1n) is 15.1. The van der Waals surface area contributed by atoms with E-state index in [0.717, 1.165) is 57.9 Å². The van der Waals surface area contributed by atoms with Gasteiger partial charge in [0.1, 0.15) is 11.3 Å². The second-order valence-corrected chi connectivity index (χ2v) is 14.2. The molecule has 5 rings (SSSR count). The first kappa shape index (κ1) is 32.1. The predicted octanol–water partition coefficient (Wildman–Crippen LogP) is 4.70. The molecular weight excluding hydrogens is 644 g/mol. The van der Waals surface area contributed by atoms with E-state index in [1.165, 1.54) is 0 Å². The number of H-pyrrole nitrogens is 1. The van der Waals surface area contributed by atoms with Gasteiger partial charge in [-0.25, -0.2) is 18.4 Å². The second kappa shape index (κ2) is 13.4. The number of fused-ring (bicyclic) bond motifs is 1. The smallest absolute Gasteiger partial charge is 0.251 e. The van der Waals surface area contributed by atoms with Crippen molar-refractivity contribution in [2.45, 2.75) is 47.1 Å². The van der Waals surface area contributed by atoms with Gasteiger partial charge in [-0.2, -0.15) is 4.31 Å². The van der Waals surface area contributed by atoms with E-state index in [9.17, 15) is 13.2 Å². The molecule has 3 N–H and O–H groups in total. The Labute approximate surface area is 267 Å². The van der Waals surface area contributed by atoms with Crippen molar-refractivity contribution in [3.8, 4) is 17.1 Å². The normalized spacial score (nSPS) is 15.8. The third-order valence-electron chi connectivity index (χ3n) is 8.41. The molecule has 0 aliphatic carbocycles. The van der Waals surface area contributed by atoms with Gasteiger partial charge >= 0.3 is 0 Å². The van der Waals surface area contributed by atoms with Crippen LogP contribution in [0.15, 0.2) is 41.0 Å². The van der Waals surface area contributed by atoms with Crippen molar-refractivity contribution in [2.75, 3.05) is 50.3 Å². The van der Waals surface area contributed by atoms with Crippen molar-refractivity contribution in [3.63, 3.8) is 0 Å². The zero-order valence-electron chi connectivity index (χ0n) is 25.9. The fraction of sp³-hybridized carbons (Fsp3) is 0.452. The summed E-state index contributed by atoms with van der Waals surface area (Å²) < 4.78 is 29.2. The van der Waals surface area contributed by atoms with Crippen molar-refractivity contribution >= 4 is 48.7 Å². The number of pyridine rings is 1. The molecule has 4 heterocycles. The number of hydrogen-bond donors (Lipinski definition) is 3. The average molecular weight is 686 g/mol. The molecule has 44 heavy (non-hydrogen) atoms. The predicted molar refractivity (Wildman–Crippen MR) is 179 cm³/mol. The summed E-state index contributed by atoms with van der Waals surface area (Å²) in [5.74, 6) is 0.717. The molecule has 1 atom stereocenters. The Morgan fingerprint density at radius 1 is 1.16 bits per heavy atom. The largest absolute Gasteiger partial charge is 0.378 e. The maximum atomic E-state index is 12.7. The third kappa shape index (κ3) is 6.56. The van der Waals surface area contributed by atoms with E-state index in [4.69, 9.17) is 4.98 Å². The molecule has 1 aliphatic rings. The quantitative estimate of drug-likeness (QED) is 0.197. The Morgan fingerprint density at radius 2 is 1.89 bits per heavy atom. The zero-order valence-corrected chi connectivity index (χ0v) is 28.3. The highest BCUT2D eigenvalue weighted by Gasteiger charge is 2.31. The Bertz CT molecular complexity index is 1750. The topological polar surface area (TPSA) is 128 Å². The molecule has 3 aromatic heterocycles. The summed E-state index contributed by atoms with van der Waals surface area (Å²) in [6.07, 6.45) is 2.43. The fourth-order valence-electron chi connectivity index (χ4n) is 5.82. The number of rotatable bonds is 12. The summed E-state index contributed by atoms with van der Waals surface area (Å²) in [4.78, 5) is 27.8. The number of nitrogens with zero attached hydrogens (tertiary/aromatic N) is 5. The van der Waals surface area contributed by atoms with Crippen molar-refractivity contribution in [1.82, 2.24) is 34.0 Å². The number of aryl methyl sites for hydroxylation is 1. The number of aromatic nitrogens is 4. The van der Waals surface area contributed by atoms with Gasteiger partial charge in [-0.1, -0.05) is 13.8 Å². The van der Waals surface area contributed by atoms with E-state index < -0.39 is 10.0 Å². The minimum atomic E-state index is -3.23. The summed E-state index contributed by atoms with van der Waals surface area (Å²) in [5.41, 5.74) is 6.71. The lowest BCUT2D eigenvalue weighted by Gasteiger charge is -2.18. The minimum absolute atomic E-state index is 0.0255. The van der Waals surface area contributed by atoms with Crippen LogP contribution in [0.3, 0.4) is 0 Å². The number of carbonyl (C=O) groups is 1.